The lowest BCUT2D eigenvalue weighted by molar-refractivity contribution is -0.227. The summed E-state index contributed by atoms with van der Waals surface area (Å²) in [7, 11) is 0. The molecule has 0 aromatic heterocycles. The molecule has 1 N–H and O–H groups in total. The molecule has 3 nitrogen and oxygen atoms in total. The zero-order chi connectivity index (χ0) is 14.1. The van der Waals surface area contributed by atoms with Gasteiger partial charge in [-0.05, 0) is 31.7 Å². The highest BCUT2D eigenvalue weighted by molar-refractivity contribution is 5.76. The fourth-order valence-electron chi connectivity index (χ4n) is 3.31. The van der Waals surface area contributed by atoms with Crippen LogP contribution in [0.2, 0.25) is 0 Å². The van der Waals surface area contributed by atoms with Crippen molar-refractivity contribution in [2.75, 3.05) is 19.6 Å². The zero-order valence-electron chi connectivity index (χ0n) is 10.9. The van der Waals surface area contributed by atoms with Crippen molar-refractivity contribution < 1.29 is 23.1 Å². The van der Waals surface area contributed by atoms with Gasteiger partial charge in [0.05, 0.1) is 0 Å². The van der Waals surface area contributed by atoms with Crippen LogP contribution in [0.15, 0.2) is 0 Å². The van der Waals surface area contributed by atoms with Crippen LogP contribution in [-0.2, 0) is 4.79 Å². The van der Waals surface area contributed by atoms with E-state index in [2.05, 4.69) is 0 Å². The molecule has 1 saturated carbocycles. The Balaban J connectivity index is 1.99. The second kappa shape index (κ2) is 5.31. The van der Waals surface area contributed by atoms with Crippen LogP contribution in [0.1, 0.15) is 38.5 Å². The fraction of sp³-hybridized carbons (Fsp3) is 0.923. The molecule has 2 fully saturated rings. The molecule has 1 saturated heterocycles. The van der Waals surface area contributed by atoms with Crippen molar-refractivity contribution in [2.45, 2.75) is 44.7 Å². The molecule has 0 aromatic rings. The maximum atomic E-state index is 13.0. The van der Waals surface area contributed by atoms with Crippen LogP contribution in [0, 0.1) is 11.3 Å². The van der Waals surface area contributed by atoms with Crippen molar-refractivity contribution in [1.82, 2.24) is 4.90 Å². The van der Waals surface area contributed by atoms with Crippen molar-refractivity contribution in [3.05, 3.63) is 0 Å². The predicted molar refractivity (Wildman–Crippen MR) is 63.8 cm³/mol. The van der Waals surface area contributed by atoms with Gasteiger partial charge in [-0.3, -0.25) is 4.79 Å². The number of rotatable bonds is 3. The molecule has 6 heteroatoms. The van der Waals surface area contributed by atoms with Crippen LogP contribution in [0.5, 0.6) is 0 Å². The van der Waals surface area contributed by atoms with E-state index in [1.165, 1.54) is 6.42 Å². The first-order valence-electron chi connectivity index (χ1n) is 6.88. The summed E-state index contributed by atoms with van der Waals surface area (Å²) >= 11 is 0. The number of halogens is 3. The monoisotopic (exact) mass is 279 g/mol. The fourth-order valence-corrected chi connectivity index (χ4v) is 3.31. The maximum Gasteiger partial charge on any atom is 0.406 e. The number of aliphatic carboxylic acids is 1. The average molecular weight is 279 g/mol. The summed E-state index contributed by atoms with van der Waals surface area (Å²) in [6.45, 7) is 0.468. The number of hydrogen-bond acceptors (Lipinski definition) is 2. The lowest BCUT2D eigenvalue weighted by Gasteiger charge is -2.30. The van der Waals surface area contributed by atoms with Crippen LogP contribution in [0.4, 0.5) is 13.2 Å². The molecule has 0 spiro atoms. The van der Waals surface area contributed by atoms with Gasteiger partial charge in [0.15, 0.2) is 5.41 Å². The molecule has 1 unspecified atom stereocenters. The van der Waals surface area contributed by atoms with Crippen molar-refractivity contribution in [2.24, 2.45) is 11.3 Å². The number of carbonyl (C=O) groups is 1. The highest BCUT2D eigenvalue weighted by Gasteiger charge is 2.63. The Kier molecular flexibility index (Phi) is 4.08. The summed E-state index contributed by atoms with van der Waals surface area (Å²) in [5, 5.41) is 8.98. The van der Waals surface area contributed by atoms with E-state index < -0.39 is 17.6 Å². The van der Waals surface area contributed by atoms with Crippen molar-refractivity contribution in [1.29, 1.82) is 0 Å². The summed E-state index contributed by atoms with van der Waals surface area (Å²) in [5.41, 5.74) is -2.55. The van der Waals surface area contributed by atoms with E-state index in [-0.39, 0.29) is 19.5 Å². The molecule has 19 heavy (non-hydrogen) atoms. The molecular weight excluding hydrogens is 259 g/mol. The molecule has 0 amide bonds. The molecule has 1 aliphatic heterocycles. The SMILES string of the molecule is O=C(O)C1(C(F)(F)F)CCN(CC2CCCCC2)C1. The number of carboxylic acids is 1. The largest absolute Gasteiger partial charge is 0.481 e. The predicted octanol–water partition coefficient (Wildman–Crippen LogP) is 2.91. The van der Waals surface area contributed by atoms with Crippen LogP contribution in [0.3, 0.4) is 0 Å². The molecule has 0 aromatic carbocycles. The highest BCUT2D eigenvalue weighted by Crippen LogP contribution is 2.46. The average Bonchev–Trinajstić information content (AvgIpc) is 2.75. The minimum Gasteiger partial charge on any atom is -0.481 e. The van der Waals surface area contributed by atoms with Gasteiger partial charge < -0.3 is 10.0 Å². The third kappa shape index (κ3) is 2.88. The Labute approximate surface area is 110 Å². The van der Waals surface area contributed by atoms with Gasteiger partial charge in [-0.1, -0.05) is 19.3 Å². The third-order valence-electron chi connectivity index (χ3n) is 4.54. The molecule has 0 bridgehead atoms. The Bertz CT molecular complexity index is 339. The van der Waals surface area contributed by atoms with Gasteiger partial charge in [0.2, 0.25) is 0 Å². The Hall–Kier alpha value is -0.780. The van der Waals surface area contributed by atoms with Gasteiger partial charge >= 0.3 is 12.1 Å². The van der Waals surface area contributed by atoms with E-state index in [4.69, 9.17) is 5.11 Å². The molecule has 1 aliphatic carbocycles. The molecule has 0 radical (unpaired) electrons. The van der Waals surface area contributed by atoms with Crippen molar-refractivity contribution in [3.8, 4) is 0 Å². The van der Waals surface area contributed by atoms with Gasteiger partial charge in [0, 0.05) is 13.1 Å². The summed E-state index contributed by atoms with van der Waals surface area (Å²) in [6.07, 6.45) is 0.617. The minimum absolute atomic E-state index is 0.238. The van der Waals surface area contributed by atoms with Gasteiger partial charge in [-0.2, -0.15) is 13.2 Å². The van der Waals surface area contributed by atoms with E-state index >= 15 is 0 Å². The third-order valence-corrected chi connectivity index (χ3v) is 4.54. The minimum atomic E-state index is -4.67. The second-order valence-electron chi connectivity index (χ2n) is 5.87. The first kappa shape index (κ1) is 14.6. The van der Waals surface area contributed by atoms with E-state index in [0.717, 1.165) is 25.7 Å². The molecule has 1 atom stereocenters. The zero-order valence-corrected chi connectivity index (χ0v) is 10.9. The number of nitrogens with zero attached hydrogens (tertiary/aromatic N) is 1. The topological polar surface area (TPSA) is 40.5 Å². The second-order valence-corrected chi connectivity index (χ2v) is 5.87. The quantitative estimate of drug-likeness (QED) is 0.863. The van der Waals surface area contributed by atoms with Crippen molar-refractivity contribution in [3.63, 3.8) is 0 Å². The van der Waals surface area contributed by atoms with E-state index in [1.54, 1.807) is 4.90 Å². The van der Waals surface area contributed by atoms with E-state index in [9.17, 15) is 18.0 Å². The summed E-state index contributed by atoms with van der Waals surface area (Å²) in [4.78, 5) is 12.8. The number of likely N-dealkylation sites (tertiary alicyclic amines) is 1. The molecule has 1 heterocycles. The van der Waals surface area contributed by atoms with Gasteiger partial charge in [-0.15, -0.1) is 0 Å². The number of hydrogen-bond donors (Lipinski definition) is 1. The number of alkyl halides is 3. The number of carboxylic acid groups (broad SMARTS) is 1. The standard InChI is InChI=1S/C13H20F3NO2/c14-13(15,16)12(11(18)19)6-7-17(9-12)8-10-4-2-1-3-5-10/h10H,1-9H2,(H,18,19). The van der Waals surface area contributed by atoms with Crippen LogP contribution in [0.25, 0.3) is 0 Å². The highest BCUT2D eigenvalue weighted by atomic mass is 19.4. The Morgan fingerprint density at radius 1 is 1.26 bits per heavy atom. The summed E-state index contributed by atoms with van der Waals surface area (Å²) < 4.78 is 39.0. The molecule has 110 valence electrons. The normalized spacial score (nSPS) is 30.7. The van der Waals surface area contributed by atoms with Crippen LogP contribution in [-0.4, -0.2) is 41.8 Å². The molecule has 2 rings (SSSR count). The Morgan fingerprint density at radius 2 is 1.89 bits per heavy atom. The first-order valence-corrected chi connectivity index (χ1v) is 6.88. The Morgan fingerprint density at radius 3 is 2.37 bits per heavy atom. The lowest BCUT2D eigenvalue weighted by atomic mass is 9.86. The van der Waals surface area contributed by atoms with E-state index in [1.807, 2.05) is 0 Å². The van der Waals surface area contributed by atoms with Crippen LogP contribution < -0.4 is 0 Å². The smallest absolute Gasteiger partial charge is 0.406 e. The van der Waals surface area contributed by atoms with Gasteiger partial charge in [0.1, 0.15) is 0 Å². The van der Waals surface area contributed by atoms with Gasteiger partial charge in [-0.25, -0.2) is 0 Å². The van der Waals surface area contributed by atoms with Crippen molar-refractivity contribution >= 4 is 5.97 Å². The van der Waals surface area contributed by atoms with E-state index in [0.29, 0.717) is 12.5 Å². The van der Waals surface area contributed by atoms with Gasteiger partial charge in [0.25, 0.3) is 0 Å². The lowest BCUT2D eigenvalue weighted by Crippen LogP contribution is -2.47. The van der Waals surface area contributed by atoms with Crippen LogP contribution >= 0.6 is 0 Å². The molecule has 2 aliphatic rings. The summed E-state index contributed by atoms with van der Waals surface area (Å²) in [5.74, 6) is -1.29. The summed E-state index contributed by atoms with van der Waals surface area (Å²) in [6, 6.07) is 0. The first-order chi connectivity index (χ1) is 8.85. The molecular formula is C13H20F3NO2. The maximum absolute atomic E-state index is 13.0.